The molecule has 8 heteroatoms. The molecule has 0 aromatic heterocycles. The van der Waals surface area contributed by atoms with Crippen LogP contribution in [0.5, 0.6) is 11.5 Å². The molecule has 1 aliphatic carbocycles. The number of carbonyl (C=O) groups is 2. The van der Waals surface area contributed by atoms with E-state index < -0.39 is 35.9 Å². The lowest BCUT2D eigenvalue weighted by molar-refractivity contribution is -0.162. The smallest absolute Gasteiger partial charge is 0.338 e. The molecule has 2 fully saturated rings. The first-order valence-corrected chi connectivity index (χ1v) is 7.31. The van der Waals surface area contributed by atoms with E-state index in [1.54, 1.807) is 0 Å². The molecule has 1 aromatic carbocycles. The highest BCUT2D eigenvalue weighted by Gasteiger charge is 2.58. The van der Waals surface area contributed by atoms with Gasteiger partial charge in [0.25, 0.3) is 0 Å². The van der Waals surface area contributed by atoms with Crippen LogP contribution in [0, 0.1) is 0 Å². The van der Waals surface area contributed by atoms with Crippen molar-refractivity contribution in [2.24, 2.45) is 0 Å². The zero-order valence-corrected chi connectivity index (χ0v) is 12.5. The molecular formula is C16H16O8. The van der Waals surface area contributed by atoms with Gasteiger partial charge in [-0.1, -0.05) is 6.07 Å². The lowest BCUT2D eigenvalue weighted by Gasteiger charge is -2.32. The number of benzene rings is 1. The van der Waals surface area contributed by atoms with Crippen molar-refractivity contribution in [1.82, 2.24) is 0 Å². The highest BCUT2D eigenvalue weighted by Crippen LogP contribution is 2.39. The molecule has 4 atom stereocenters. The Balaban J connectivity index is 1.65. The minimum atomic E-state index is -1.73. The minimum Gasteiger partial charge on any atom is -0.504 e. The Morgan fingerprint density at radius 3 is 2.75 bits per heavy atom. The van der Waals surface area contributed by atoms with E-state index in [1.165, 1.54) is 24.3 Å². The molecule has 0 spiro atoms. The van der Waals surface area contributed by atoms with Gasteiger partial charge < -0.3 is 29.9 Å². The van der Waals surface area contributed by atoms with Crippen LogP contribution in [0.25, 0.3) is 6.08 Å². The van der Waals surface area contributed by atoms with Gasteiger partial charge >= 0.3 is 11.9 Å². The molecule has 2 unspecified atom stereocenters. The summed E-state index contributed by atoms with van der Waals surface area (Å²) < 4.78 is 9.96. The predicted octanol–water partition coefficient (Wildman–Crippen LogP) is -0.166. The van der Waals surface area contributed by atoms with E-state index in [1.807, 2.05) is 0 Å². The molecule has 128 valence electrons. The molecular weight excluding hydrogens is 320 g/mol. The van der Waals surface area contributed by atoms with Gasteiger partial charge in [-0.2, -0.15) is 0 Å². The molecule has 4 N–H and O–H groups in total. The first-order chi connectivity index (χ1) is 11.3. The molecule has 1 aromatic rings. The normalized spacial score (nSPS) is 31.9. The lowest BCUT2D eigenvalue weighted by atomic mass is 9.82. The summed E-state index contributed by atoms with van der Waals surface area (Å²) in [6.45, 7) is 0. The van der Waals surface area contributed by atoms with Gasteiger partial charge in [-0.25, -0.2) is 9.59 Å². The first-order valence-electron chi connectivity index (χ1n) is 7.31. The summed E-state index contributed by atoms with van der Waals surface area (Å²) >= 11 is 0. The van der Waals surface area contributed by atoms with E-state index in [0.717, 1.165) is 6.08 Å². The van der Waals surface area contributed by atoms with Gasteiger partial charge in [0, 0.05) is 18.9 Å². The number of aromatic hydroxyl groups is 2. The number of ether oxygens (including phenoxy) is 2. The van der Waals surface area contributed by atoms with Gasteiger partial charge in [0.1, 0.15) is 18.3 Å². The van der Waals surface area contributed by atoms with Crippen LogP contribution >= 0.6 is 0 Å². The Kier molecular flexibility index (Phi) is 3.94. The monoisotopic (exact) mass is 336 g/mol. The Morgan fingerprint density at radius 2 is 2.04 bits per heavy atom. The highest BCUT2D eigenvalue weighted by atomic mass is 16.6. The summed E-state index contributed by atoms with van der Waals surface area (Å²) in [5.74, 6) is -2.22. The average molecular weight is 336 g/mol. The van der Waals surface area contributed by atoms with Crippen molar-refractivity contribution < 1.29 is 39.5 Å². The third-order valence-electron chi connectivity index (χ3n) is 4.16. The summed E-state index contributed by atoms with van der Waals surface area (Å²) in [7, 11) is 0. The maximum absolute atomic E-state index is 11.9. The van der Waals surface area contributed by atoms with Crippen LogP contribution in [0.3, 0.4) is 0 Å². The second kappa shape index (κ2) is 5.81. The van der Waals surface area contributed by atoms with Gasteiger partial charge in [0.2, 0.25) is 0 Å². The van der Waals surface area contributed by atoms with E-state index in [0.29, 0.717) is 5.56 Å². The van der Waals surface area contributed by atoms with Crippen LogP contribution in [0.15, 0.2) is 24.3 Å². The highest BCUT2D eigenvalue weighted by molar-refractivity contribution is 5.87. The number of aliphatic hydroxyl groups is 2. The molecule has 1 saturated heterocycles. The number of fused-ring (bicyclic) bond motifs is 2. The van der Waals surface area contributed by atoms with E-state index >= 15 is 0 Å². The van der Waals surface area contributed by atoms with Gasteiger partial charge in [-0.3, -0.25) is 0 Å². The number of carbonyl (C=O) groups excluding carboxylic acids is 2. The Bertz CT molecular complexity index is 712. The molecule has 0 amide bonds. The van der Waals surface area contributed by atoms with Crippen molar-refractivity contribution in [1.29, 1.82) is 0 Å². The summed E-state index contributed by atoms with van der Waals surface area (Å²) in [5.41, 5.74) is -1.29. The molecule has 8 nitrogen and oxygen atoms in total. The number of hydrogen-bond acceptors (Lipinski definition) is 8. The van der Waals surface area contributed by atoms with E-state index in [-0.39, 0.29) is 24.3 Å². The van der Waals surface area contributed by atoms with Gasteiger partial charge in [-0.05, 0) is 23.8 Å². The van der Waals surface area contributed by atoms with Crippen molar-refractivity contribution in [3.63, 3.8) is 0 Å². The number of phenols is 2. The van der Waals surface area contributed by atoms with Crippen molar-refractivity contribution in [2.75, 3.05) is 0 Å². The summed E-state index contributed by atoms with van der Waals surface area (Å²) in [4.78, 5) is 23.4. The minimum absolute atomic E-state index is 0.0241. The van der Waals surface area contributed by atoms with Crippen LogP contribution in [-0.2, 0) is 19.1 Å². The van der Waals surface area contributed by atoms with Crippen molar-refractivity contribution in [3.8, 4) is 11.5 Å². The largest absolute Gasteiger partial charge is 0.504 e. The summed E-state index contributed by atoms with van der Waals surface area (Å²) in [6.07, 6.45) is -1.000. The Hall–Kier alpha value is -2.58. The molecule has 0 radical (unpaired) electrons. The van der Waals surface area contributed by atoms with E-state index in [2.05, 4.69) is 0 Å². The molecule has 2 aliphatic rings. The zero-order valence-electron chi connectivity index (χ0n) is 12.5. The third-order valence-corrected chi connectivity index (χ3v) is 4.16. The van der Waals surface area contributed by atoms with Gasteiger partial charge in [0.15, 0.2) is 17.1 Å². The number of aliphatic hydroxyl groups excluding tert-OH is 1. The van der Waals surface area contributed by atoms with Crippen LogP contribution in [0.2, 0.25) is 0 Å². The van der Waals surface area contributed by atoms with Crippen molar-refractivity contribution in [3.05, 3.63) is 29.8 Å². The van der Waals surface area contributed by atoms with Gasteiger partial charge in [0.05, 0.1) is 0 Å². The van der Waals surface area contributed by atoms with Crippen LogP contribution in [0.1, 0.15) is 18.4 Å². The third kappa shape index (κ3) is 2.93. The fraction of sp³-hybridized carbons (Fsp3) is 0.375. The van der Waals surface area contributed by atoms with E-state index in [9.17, 15) is 30.0 Å². The average Bonchev–Trinajstić information content (AvgIpc) is 2.78. The zero-order chi connectivity index (χ0) is 17.5. The fourth-order valence-corrected chi connectivity index (χ4v) is 2.86. The Morgan fingerprint density at radius 1 is 1.29 bits per heavy atom. The number of rotatable bonds is 3. The van der Waals surface area contributed by atoms with Gasteiger partial charge in [-0.15, -0.1) is 0 Å². The molecule has 1 saturated carbocycles. The first kappa shape index (κ1) is 16.3. The van der Waals surface area contributed by atoms with E-state index in [4.69, 9.17) is 9.47 Å². The summed E-state index contributed by atoms with van der Waals surface area (Å²) in [5, 5.41) is 38.7. The van der Waals surface area contributed by atoms with Crippen molar-refractivity contribution in [2.45, 2.75) is 36.8 Å². The van der Waals surface area contributed by atoms with Crippen molar-refractivity contribution >= 4 is 18.0 Å². The second-order valence-electron chi connectivity index (χ2n) is 5.93. The number of esters is 2. The summed E-state index contributed by atoms with van der Waals surface area (Å²) in [6, 6.07) is 4.00. The van der Waals surface area contributed by atoms with Crippen LogP contribution < -0.4 is 0 Å². The maximum Gasteiger partial charge on any atom is 0.338 e. The maximum atomic E-state index is 11.9. The molecule has 3 rings (SSSR count). The second-order valence-corrected chi connectivity index (χ2v) is 5.93. The molecule has 1 aliphatic heterocycles. The Labute approximate surface area is 136 Å². The SMILES string of the molecule is O=C(/C=C/c1ccc(O)c(O)c1)OC1C[C@]2(O)CC(OC2=O)[C@@H]1O. The van der Waals surface area contributed by atoms with Crippen LogP contribution in [-0.4, -0.2) is 56.3 Å². The molecule has 24 heavy (non-hydrogen) atoms. The topological polar surface area (TPSA) is 134 Å². The van der Waals surface area contributed by atoms with Crippen LogP contribution in [0.4, 0.5) is 0 Å². The molecule has 1 heterocycles. The number of hydrogen-bond donors (Lipinski definition) is 4. The lowest BCUT2D eigenvalue weighted by Crippen LogP contribution is -2.50. The number of phenolic OH excluding ortho intramolecular Hbond substituents is 2. The molecule has 2 bridgehead atoms. The quantitative estimate of drug-likeness (QED) is 0.340. The fourth-order valence-electron chi connectivity index (χ4n) is 2.86. The predicted molar refractivity (Wildman–Crippen MR) is 78.8 cm³/mol. The standard InChI is InChI=1S/C16H16O8/c17-9-3-1-8(5-10(9)18)2-4-13(19)23-11-6-16(22)7-12(14(11)20)24-15(16)21/h1-5,11-12,14,17-18,20,22H,6-7H2/b4-2+/t11?,12?,14-,16+/m1/s1.